The molecule has 1 N–H and O–H groups in total. The van der Waals surface area contributed by atoms with Crippen molar-refractivity contribution < 1.29 is 4.74 Å². The van der Waals surface area contributed by atoms with Gasteiger partial charge in [-0.2, -0.15) is 0 Å². The molecule has 100 valence electrons. The minimum atomic E-state index is 0.0652. The largest absolute Gasteiger partial charge is 0.369 e. The van der Waals surface area contributed by atoms with Crippen LogP contribution in [-0.4, -0.2) is 24.8 Å². The monoisotopic (exact) mass is 239 g/mol. The maximum absolute atomic E-state index is 6.38. The normalized spacial score (nSPS) is 35.6. The van der Waals surface area contributed by atoms with Gasteiger partial charge in [0.15, 0.2) is 0 Å². The van der Waals surface area contributed by atoms with Crippen molar-refractivity contribution in [2.45, 2.75) is 71.0 Å². The van der Waals surface area contributed by atoms with E-state index in [0.29, 0.717) is 12.0 Å². The van der Waals surface area contributed by atoms with Gasteiger partial charge in [0.1, 0.15) is 0 Å². The number of hydrogen-bond acceptors (Lipinski definition) is 2. The molecule has 2 rings (SSSR count). The standard InChI is InChI=1S/C15H29NO/c1-12(2)9-15(3)11-16-10-14(17-15)8-13-6-4-5-7-13/h12-14,16H,4-11H2,1-3H3. The van der Waals surface area contributed by atoms with Crippen molar-refractivity contribution in [1.82, 2.24) is 5.32 Å². The van der Waals surface area contributed by atoms with E-state index in [1.807, 2.05) is 0 Å². The molecule has 0 bridgehead atoms. The van der Waals surface area contributed by atoms with Crippen LogP contribution in [0.15, 0.2) is 0 Å². The number of rotatable bonds is 4. The molecular weight excluding hydrogens is 210 g/mol. The Morgan fingerprint density at radius 3 is 2.65 bits per heavy atom. The van der Waals surface area contributed by atoms with E-state index in [4.69, 9.17) is 4.74 Å². The first kappa shape index (κ1) is 13.4. The molecule has 2 heteroatoms. The van der Waals surface area contributed by atoms with Gasteiger partial charge >= 0.3 is 0 Å². The van der Waals surface area contributed by atoms with E-state index in [2.05, 4.69) is 26.1 Å². The van der Waals surface area contributed by atoms with Gasteiger partial charge in [-0.05, 0) is 31.6 Å². The van der Waals surface area contributed by atoms with Crippen LogP contribution in [-0.2, 0) is 4.74 Å². The SMILES string of the molecule is CC(C)CC1(C)CNCC(CC2CCCC2)O1. The summed E-state index contributed by atoms with van der Waals surface area (Å²) in [6.45, 7) is 8.93. The van der Waals surface area contributed by atoms with Crippen molar-refractivity contribution in [3.63, 3.8) is 0 Å². The van der Waals surface area contributed by atoms with Gasteiger partial charge in [-0.25, -0.2) is 0 Å². The highest BCUT2D eigenvalue weighted by molar-refractivity contribution is 4.87. The van der Waals surface area contributed by atoms with Gasteiger partial charge in [0.2, 0.25) is 0 Å². The molecule has 1 aliphatic carbocycles. The van der Waals surface area contributed by atoms with E-state index >= 15 is 0 Å². The summed E-state index contributed by atoms with van der Waals surface area (Å²) in [6.07, 6.45) is 8.64. The summed E-state index contributed by atoms with van der Waals surface area (Å²) < 4.78 is 6.38. The Morgan fingerprint density at radius 1 is 1.29 bits per heavy atom. The summed E-state index contributed by atoms with van der Waals surface area (Å²) in [7, 11) is 0. The molecule has 1 aliphatic heterocycles. The third kappa shape index (κ3) is 3.96. The average Bonchev–Trinajstić information content (AvgIpc) is 2.68. The van der Waals surface area contributed by atoms with Crippen LogP contribution in [0.2, 0.25) is 0 Å². The molecule has 2 fully saturated rings. The van der Waals surface area contributed by atoms with Crippen molar-refractivity contribution in [3.8, 4) is 0 Å². The Balaban J connectivity index is 1.83. The Hall–Kier alpha value is -0.0800. The van der Waals surface area contributed by atoms with Gasteiger partial charge in [-0.1, -0.05) is 39.5 Å². The highest BCUT2D eigenvalue weighted by atomic mass is 16.5. The zero-order valence-electron chi connectivity index (χ0n) is 11.8. The van der Waals surface area contributed by atoms with Crippen molar-refractivity contribution in [2.75, 3.05) is 13.1 Å². The van der Waals surface area contributed by atoms with Gasteiger partial charge < -0.3 is 10.1 Å². The molecule has 0 aromatic carbocycles. The van der Waals surface area contributed by atoms with Crippen molar-refractivity contribution in [3.05, 3.63) is 0 Å². The second kappa shape index (κ2) is 5.71. The predicted octanol–water partition coefficient (Wildman–Crippen LogP) is 3.36. The number of morpholine rings is 1. The van der Waals surface area contributed by atoms with Gasteiger partial charge in [0.25, 0.3) is 0 Å². The maximum Gasteiger partial charge on any atom is 0.0785 e. The summed E-state index contributed by atoms with van der Waals surface area (Å²) in [4.78, 5) is 0. The summed E-state index contributed by atoms with van der Waals surface area (Å²) in [6, 6.07) is 0. The van der Waals surface area contributed by atoms with Gasteiger partial charge in [-0.15, -0.1) is 0 Å². The lowest BCUT2D eigenvalue weighted by molar-refractivity contribution is -0.121. The second-order valence-corrected chi connectivity index (χ2v) is 6.80. The van der Waals surface area contributed by atoms with Crippen LogP contribution in [0.3, 0.4) is 0 Å². The Morgan fingerprint density at radius 2 is 2.00 bits per heavy atom. The fourth-order valence-electron chi connectivity index (χ4n) is 3.72. The fraction of sp³-hybridized carbons (Fsp3) is 1.00. The molecule has 0 radical (unpaired) electrons. The molecule has 0 aromatic rings. The van der Waals surface area contributed by atoms with E-state index in [9.17, 15) is 0 Å². The number of nitrogens with one attached hydrogen (secondary N) is 1. The molecule has 2 atom stereocenters. The van der Waals surface area contributed by atoms with E-state index < -0.39 is 0 Å². The third-order valence-corrected chi connectivity index (χ3v) is 4.23. The maximum atomic E-state index is 6.38. The molecule has 2 unspecified atom stereocenters. The Kier molecular flexibility index (Phi) is 4.48. The van der Waals surface area contributed by atoms with E-state index in [1.54, 1.807) is 0 Å². The van der Waals surface area contributed by atoms with Gasteiger partial charge in [-0.3, -0.25) is 0 Å². The van der Waals surface area contributed by atoms with Crippen LogP contribution in [0.4, 0.5) is 0 Å². The smallest absolute Gasteiger partial charge is 0.0785 e. The van der Waals surface area contributed by atoms with Crippen LogP contribution in [0.5, 0.6) is 0 Å². The number of hydrogen-bond donors (Lipinski definition) is 1. The summed E-state index contributed by atoms with van der Waals surface area (Å²) >= 11 is 0. The highest BCUT2D eigenvalue weighted by Gasteiger charge is 2.34. The van der Waals surface area contributed by atoms with Crippen molar-refractivity contribution in [1.29, 1.82) is 0 Å². The predicted molar refractivity (Wildman–Crippen MR) is 72.2 cm³/mol. The Labute approximate surface area is 107 Å². The lowest BCUT2D eigenvalue weighted by Crippen LogP contribution is -2.53. The van der Waals surface area contributed by atoms with Gasteiger partial charge in [0, 0.05) is 13.1 Å². The molecule has 17 heavy (non-hydrogen) atoms. The molecule has 2 aliphatic rings. The zero-order valence-corrected chi connectivity index (χ0v) is 11.8. The van der Waals surface area contributed by atoms with E-state index in [-0.39, 0.29) is 5.60 Å². The molecule has 1 heterocycles. The first-order chi connectivity index (χ1) is 8.07. The molecule has 1 saturated carbocycles. The van der Waals surface area contributed by atoms with Crippen LogP contribution >= 0.6 is 0 Å². The molecule has 0 amide bonds. The quantitative estimate of drug-likeness (QED) is 0.812. The summed E-state index contributed by atoms with van der Waals surface area (Å²) in [5, 5.41) is 3.58. The first-order valence-corrected chi connectivity index (χ1v) is 7.46. The topological polar surface area (TPSA) is 21.3 Å². The summed E-state index contributed by atoms with van der Waals surface area (Å²) in [5.41, 5.74) is 0.0652. The Bertz CT molecular complexity index is 235. The number of ether oxygens (including phenoxy) is 1. The average molecular weight is 239 g/mol. The summed E-state index contributed by atoms with van der Waals surface area (Å²) in [5.74, 6) is 1.65. The molecule has 2 nitrogen and oxygen atoms in total. The molecule has 0 aromatic heterocycles. The second-order valence-electron chi connectivity index (χ2n) is 6.80. The lowest BCUT2D eigenvalue weighted by Gasteiger charge is -2.41. The van der Waals surface area contributed by atoms with Crippen molar-refractivity contribution >= 4 is 0 Å². The minimum Gasteiger partial charge on any atom is -0.369 e. The fourth-order valence-corrected chi connectivity index (χ4v) is 3.72. The van der Waals surface area contributed by atoms with E-state index in [0.717, 1.165) is 19.0 Å². The molecular formula is C15H29NO. The first-order valence-electron chi connectivity index (χ1n) is 7.46. The minimum absolute atomic E-state index is 0.0652. The van der Waals surface area contributed by atoms with Crippen LogP contribution < -0.4 is 5.32 Å². The van der Waals surface area contributed by atoms with Gasteiger partial charge in [0.05, 0.1) is 11.7 Å². The third-order valence-electron chi connectivity index (χ3n) is 4.23. The van der Waals surface area contributed by atoms with Crippen LogP contribution in [0.25, 0.3) is 0 Å². The zero-order chi connectivity index (χ0) is 12.3. The van der Waals surface area contributed by atoms with E-state index in [1.165, 1.54) is 38.5 Å². The highest BCUT2D eigenvalue weighted by Crippen LogP contribution is 2.32. The van der Waals surface area contributed by atoms with Crippen molar-refractivity contribution in [2.24, 2.45) is 11.8 Å². The molecule has 0 spiro atoms. The molecule has 1 saturated heterocycles. The van der Waals surface area contributed by atoms with Crippen LogP contribution in [0, 0.1) is 11.8 Å². The van der Waals surface area contributed by atoms with Crippen LogP contribution in [0.1, 0.15) is 59.3 Å². The lowest BCUT2D eigenvalue weighted by atomic mass is 9.91.